The lowest BCUT2D eigenvalue weighted by Gasteiger charge is -2.19. The van der Waals surface area contributed by atoms with Crippen LogP contribution in [0.5, 0.6) is 5.75 Å². The average molecular weight is 540 g/mol. The Hall–Kier alpha value is -3.90. The Kier molecular flexibility index (Phi) is 8.97. The van der Waals surface area contributed by atoms with Crippen LogP contribution in [0.15, 0.2) is 79.0 Å². The zero-order valence-corrected chi connectivity index (χ0v) is 23.3. The van der Waals surface area contributed by atoms with Crippen LogP contribution in [0, 0.1) is 5.92 Å². The van der Waals surface area contributed by atoms with Gasteiger partial charge in [-0.25, -0.2) is 0 Å². The summed E-state index contributed by atoms with van der Waals surface area (Å²) >= 11 is 0. The van der Waals surface area contributed by atoms with Crippen molar-refractivity contribution in [3.8, 4) is 5.75 Å². The number of hydrogen-bond acceptors (Lipinski definition) is 5. The maximum Gasteiger partial charge on any atom is 0.305 e. The Morgan fingerprint density at radius 1 is 0.975 bits per heavy atom. The number of benzene rings is 3. The molecule has 1 aliphatic rings. The van der Waals surface area contributed by atoms with E-state index in [1.165, 1.54) is 18.4 Å². The quantitative estimate of drug-likeness (QED) is 0.128. The van der Waals surface area contributed by atoms with E-state index in [1.807, 2.05) is 59.3 Å². The summed E-state index contributed by atoms with van der Waals surface area (Å²) < 4.78 is 18.8. The third-order valence-corrected chi connectivity index (χ3v) is 7.40. The van der Waals surface area contributed by atoms with Gasteiger partial charge in [0.15, 0.2) is 5.78 Å². The van der Waals surface area contributed by atoms with Crippen molar-refractivity contribution in [3.05, 3.63) is 101 Å². The molecule has 1 fully saturated rings. The average Bonchev–Trinajstić information content (AvgIpc) is 3.72. The van der Waals surface area contributed by atoms with Gasteiger partial charge in [0.25, 0.3) is 0 Å². The van der Waals surface area contributed by atoms with Crippen molar-refractivity contribution in [1.29, 1.82) is 0 Å². The van der Waals surface area contributed by atoms with Crippen LogP contribution >= 0.6 is 0 Å². The molecule has 0 aliphatic heterocycles. The molecule has 5 rings (SSSR count). The topological polar surface area (TPSA) is 66.8 Å². The molecule has 1 aromatic heterocycles. The van der Waals surface area contributed by atoms with Crippen LogP contribution in [0.4, 0.5) is 0 Å². The number of para-hydroxylation sites is 1. The molecule has 40 heavy (non-hydrogen) atoms. The summed E-state index contributed by atoms with van der Waals surface area (Å²) in [6.45, 7) is 3.24. The van der Waals surface area contributed by atoms with Crippen LogP contribution in [0.1, 0.15) is 65.8 Å². The van der Waals surface area contributed by atoms with Crippen LogP contribution in [-0.4, -0.2) is 36.6 Å². The first-order valence-electron chi connectivity index (χ1n) is 14.2. The van der Waals surface area contributed by atoms with Crippen molar-refractivity contribution in [2.45, 2.75) is 51.7 Å². The number of rotatable bonds is 14. The first-order valence-corrected chi connectivity index (χ1v) is 14.2. The zero-order chi connectivity index (χ0) is 27.9. The molecule has 208 valence electrons. The fourth-order valence-corrected chi connectivity index (χ4v) is 5.12. The molecule has 0 spiro atoms. The molecule has 0 bridgehead atoms. The lowest BCUT2D eigenvalue weighted by Crippen LogP contribution is -2.14. The van der Waals surface area contributed by atoms with Crippen LogP contribution < -0.4 is 4.74 Å². The molecule has 1 aliphatic carbocycles. The third-order valence-electron chi connectivity index (χ3n) is 7.40. The van der Waals surface area contributed by atoms with Gasteiger partial charge in [-0.1, -0.05) is 42.5 Å². The summed E-state index contributed by atoms with van der Waals surface area (Å²) in [6.07, 6.45) is 6.48. The number of carbonyl (C=O) groups excluding carboxylic acids is 2. The monoisotopic (exact) mass is 539 g/mol. The highest BCUT2D eigenvalue weighted by Crippen LogP contribution is 2.33. The predicted molar refractivity (Wildman–Crippen MR) is 156 cm³/mol. The molecular formula is C34H37NO5. The SMILES string of the molecule is CCOC(=O)CCCn1cc(C(=O)c2ccc(O[C@@H](COC)c3ccc(CC4CC4)cc3)cc2)c2ccccc21. The molecule has 0 N–H and O–H groups in total. The molecule has 0 saturated heterocycles. The van der Waals surface area contributed by atoms with Gasteiger partial charge in [-0.2, -0.15) is 0 Å². The van der Waals surface area contributed by atoms with Gasteiger partial charge in [-0.05, 0) is 80.0 Å². The van der Waals surface area contributed by atoms with Crippen molar-refractivity contribution < 1.29 is 23.8 Å². The van der Waals surface area contributed by atoms with Gasteiger partial charge in [0, 0.05) is 48.3 Å². The first kappa shape index (κ1) is 27.7. The third kappa shape index (κ3) is 6.80. The van der Waals surface area contributed by atoms with E-state index in [-0.39, 0.29) is 17.9 Å². The highest BCUT2D eigenvalue weighted by molar-refractivity contribution is 6.16. The first-order chi connectivity index (χ1) is 19.6. The molecular weight excluding hydrogens is 502 g/mol. The highest BCUT2D eigenvalue weighted by atomic mass is 16.5. The van der Waals surface area contributed by atoms with Gasteiger partial charge in [0.05, 0.1) is 13.2 Å². The molecule has 1 atom stereocenters. The second-order valence-electron chi connectivity index (χ2n) is 10.5. The van der Waals surface area contributed by atoms with Crippen LogP contribution in [0.2, 0.25) is 0 Å². The number of methoxy groups -OCH3 is 1. The fraction of sp³-hybridized carbons (Fsp3) is 0.353. The van der Waals surface area contributed by atoms with Crippen molar-refractivity contribution in [3.63, 3.8) is 0 Å². The number of carbonyl (C=O) groups is 2. The number of nitrogens with zero attached hydrogens (tertiary/aromatic N) is 1. The lowest BCUT2D eigenvalue weighted by atomic mass is 10.0. The van der Waals surface area contributed by atoms with Gasteiger partial charge in [-0.15, -0.1) is 0 Å². The van der Waals surface area contributed by atoms with Gasteiger partial charge < -0.3 is 18.8 Å². The van der Waals surface area contributed by atoms with Gasteiger partial charge in [0.2, 0.25) is 0 Å². The molecule has 4 aromatic rings. The Labute approximate surface area is 235 Å². The van der Waals surface area contributed by atoms with E-state index in [1.54, 1.807) is 14.0 Å². The highest BCUT2D eigenvalue weighted by Gasteiger charge is 2.22. The summed E-state index contributed by atoms with van der Waals surface area (Å²) in [5.41, 5.74) is 4.64. The summed E-state index contributed by atoms with van der Waals surface area (Å²) in [4.78, 5) is 25.3. The van der Waals surface area contributed by atoms with E-state index in [0.29, 0.717) is 49.5 Å². The molecule has 6 nitrogen and oxygen atoms in total. The number of aryl methyl sites for hydroxylation is 1. The van der Waals surface area contributed by atoms with Gasteiger partial charge in [0.1, 0.15) is 11.9 Å². The van der Waals surface area contributed by atoms with Crippen molar-refractivity contribution in [2.75, 3.05) is 20.3 Å². The van der Waals surface area contributed by atoms with Gasteiger partial charge >= 0.3 is 5.97 Å². The zero-order valence-electron chi connectivity index (χ0n) is 23.3. The van der Waals surface area contributed by atoms with E-state index in [0.717, 1.165) is 28.8 Å². The van der Waals surface area contributed by atoms with E-state index in [4.69, 9.17) is 14.2 Å². The van der Waals surface area contributed by atoms with Crippen molar-refractivity contribution in [1.82, 2.24) is 4.57 Å². The summed E-state index contributed by atoms with van der Waals surface area (Å²) in [6, 6.07) is 23.8. The Morgan fingerprint density at radius 3 is 2.42 bits per heavy atom. The smallest absolute Gasteiger partial charge is 0.305 e. The number of hydrogen-bond donors (Lipinski definition) is 0. The maximum absolute atomic E-state index is 13.6. The molecule has 6 heteroatoms. The van der Waals surface area contributed by atoms with Crippen LogP contribution in [0.3, 0.4) is 0 Å². The Balaban J connectivity index is 1.28. The second-order valence-corrected chi connectivity index (χ2v) is 10.5. The number of esters is 1. The molecule has 3 aromatic carbocycles. The predicted octanol–water partition coefficient (Wildman–Crippen LogP) is 6.93. The van der Waals surface area contributed by atoms with Crippen LogP contribution in [0.25, 0.3) is 10.9 Å². The van der Waals surface area contributed by atoms with Gasteiger partial charge in [-0.3, -0.25) is 9.59 Å². The standard InChI is InChI=1S/C34H37NO5/c1-3-39-33(36)9-6-20-35-22-30(29-7-4-5-8-31(29)35)34(37)27-16-18-28(19-17-27)40-32(23-38-2)26-14-12-25(13-15-26)21-24-10-11-24/h4-5,7-8,12-19,22,24,32H,3,6,9-11,20-21,23H2,1-2H3/t32-/m0/s1. The normalized spacial score (nSPS) is 13.8. The van der Waals surface area contributed by atoms with E-state index in [9.17, 15) is 9.59 Å². The molecule has 0 radical (unpaired) electrons. The van der Waals surface area contributed by atoms with Crippen molar-refractivity contribution >= 4 is 22.7 Å². The number of ether oxygens (including phenoxy) is 3. The maximum atomic E-state index is 13.6. The minimum Gasteiger partial charge on any atom is -0.483 e. The van der Waals surface area contributed by atoms with Crippen LogP contribution in [-0.2, 0) is 27.2 Å². The molecule has 0 amide bonds. The molecule has 1 heterocycles. The number of ketones is 1. The minimum absolute atomic E-state index is 0.0495. The largest absolute Gasteiger partial charge is 0.483 e. The lowest BCUT2D eigenvalue weighted by molar-refractivity contribution is -0.143. The summed E-state index contributed by atoms with van der Waals surface area (Å²) in [7, 11) is 1.67. The summed E-state index contributed by atoms with van der Waals surface area (Å²) in [5.74, 6) is 1.29. The second kappa shape index (κ2) is 13.0. The minimum atomic E-state index is -0.242. The Bertz CT molecular complexity index is 1430. The van der Waals surface area contributed by atoms with Crippen molar-refractivity contribution in [2.24, 2.45) is 5.92 Å². The number of aromatic nitrogens is 1. The summed E-state index contributed by atoms with van der Waals surface area (Å²) in [5, 5.41) is 0.897. The number of fused-ring (bicyclic) bond motifs is 1. The molecule has 1 saturated carbocycles. The fourth-order valence-electron chi connectivity index (χ4n) is 5.12. The van der Waals surface area contributed by atoms with E-state index in [2.05, 4.69) is 24.3 Å². The Morgan fingerprint density at radius 2 is 1.73 bits per heavy atom. The van der Waals surface area contributed by atoms with E-state index >= 15 is 0 Å². The molecule has 0 unspecified atom stereocenters. The van der Waals surface area contributed by atoms with E-state index < -0.39 is 0 Å².